The Morgan fingerprint density at radius 2 is 2.09 bits per heavy atom. The third-order valence-electron chi connectivity index (χ3n) is 4.56. The molecule has 22 heavy (non-hydrogen) atoms. The smallest absolute Gasteiger partial charge is 0.263 e. The van der Waals surface area contributed by atoms with Gasteiger partial charge in [0.15, 0.2) is 0 Å². The average molecular weight is 306 g/mol. The van der Waals surface area contributed by atoms with E-state index in [9.17, 15) is 9.59 Å². The molecular weight excluding hydrogens is 284 g/mol. The fourth-order valence-electron chi connectivity index (χ4n) is 3.26. The van der Waals surface area contributed by atoms with Crippen LogP contribution in [-0.2, 0) is 4.74 Å². The SMILES string of the molecule is Cc1ncc(C(=O)N2CCC3(CC2)CN(C)CCO3)c(=O)[nH]1. The molecule has 0 radical (unpaired) electrons. The molecule has 3 heterocycles. The van der Waals surface area contributed by atoms with E-state index in [-0.39, 0.29) is 22.6 Å². The number of likely N-dealkylation sites (N-methyl/N-ethyl adjacent to an activating group) is 1. The summed E-state index contributed by atoms with van der Waals surface area (Å²) < 4.78 is 5.99. The molecule has 1 amide bonds. The lowest BCUT2D eigenvalue weighted by molar-refractivity contribution is -0.127. The van der Waals surface area contributed by atoms with Crippen molar-refractivity contribution in [2.24, 2.45) is 0 Å². The molecule has 2 aliphatic rings. The summed E-state index contributed by atoms with van der Waals surface area (Å²) in [5.74, 6) is 0.269. The second-order valence-electron chi connectivity index (χ2n) is 6.27. The molecular formula is C15H22N4O3. The van der Waals surface area contributed by atoms with Crippen LogP contribution in [0.2, 0.25) is 0 Å². The van der Waals surface area contributed by atoms with Gasteiger partial charge in [-0.2, -0.15) is 0 Å². The van der Waals surface area contributed by atoms with Gasteiger partial charge in [0.25, 0.3) is 11.5 Å². The summed E-state index contributed by atoms with van der Waals surface area (Å²) in [6, 6.07) is 0. The van der Waals surface area contributed by atoms with Crippen LogP contribution in [-0.4, -0.2) is 71.1 Å². The van der Waals surface area contributed by atoms with E-state index in [2.05, 4.69) is 21.9 Å². The van der Waals surface area contributed by atoms with Crippen LogP contribution in [0.1, 0.15) is 29.0 Å². The maximum absolute atomic E-state index is 12.5. The molecule has 1 spiro atoms. The summed E-state index contributed by atoms with van der Waals surface area (Å²) in [6.45, 7) is 5.51. The van der Waals surface area contributed by atoms with Gasteiger partial charge in [-0.1, -0.05) is 0 Å². The van der Waals surface area contributed by atoms with E-state index in [1.807, 2.05) is 0 Å². The van der Waals surface area contributed by atoms with Crippen LogP contribution in [0.3, 0.4) is 0 Å². The molecule has 0 aliphatic carbocycles. The van der Waals surface area contributed by atoms with Crippen molar-refractivity contribution in [3.63, 3.8) is 0 Å². The number of carbonyl (C=O) groups excluding carboxylic acids is 1. The molecule has 0 saturated carbocycles. The Balaban J connectivity index is 1.68. The number of aromatic amines is 1. The van der Waals surface area contributed by atoms with Crippen LogP contribution in [0.25, 0.3) is 0 Å². The second-order valence-corrected chi connectivity index (χ2v) is 6.27. The molecule has 1 aromatic heterocycles. The van der Waals surface area contributed by atoms with E-state index in [0.29, 0.717) is 18.9 Å². The highest BCUT2D eigenvalue weighted by atomic mass is 16.5. The van der Waals surface area contributed by atoms with Crippen molar-refractivity contribution < 1.29 is 9.53 Å². The number of amides is 1. The van der Waals surface area contributed by atoms with Gasteiger partial charge in [-0.25, -0.2) is 4.98 Å². The van der Waals surface area contributed by atoms with Crippen LogP contribution in [0.5, 0.6) is 0 Å². The van der Waals surface area contributed by atoms with E-state index in [1.54, 1.807) is 11.8 Å². The van der Waals surface area contributed by atoms with Gasteiger partial charge in [0.2, 0.25) is 0 Å². The van der Waals surface area contributed by atoms with E-state index < -0.39 is 0 Å². The standard InChI is InChI=1S/C15H22N4O3/c1-11-16-9-12(13(20)17-11)14(21)19-5-3-15(4-6-19)10-18(2)7-8-22-15/h9H,3-8,10H2,1-2H3,(H,16,17,20). The summed E-state index contributed by atoms with van der Waals surface area (Å²) in [7, 11) is 2.10. The molecule has 3 rings (SSSR count). The molecule has 0 bridgehead atoms. The number of nitrogens with one attached hydrogen (secondary N) is 1. The number of H-pyrrole nitrogens is 1. The Morgan fingerprint density at radius 1 is 1.36 bits per heavy atom. The number of aromatic nitrogens is 2. The number of ether oxygens (including phenoxy) is 1. The Kier molecular flexibility index (Phi) is 4.01. The van der Waals surface area contributed by atoms with Crippen molar-refractivity contribution in [1.82, 2.24) is 19.8 Å². The first kappa shape index (κ1) is 15.2. The maximum Gasteiger partial charge on any atom is 0.263 e. The maximum atomic E-state index is 12.5. The van der Waals surface area contributed by atoms with Gasteiger partial charge in [-0.05, 0) is 26.8 Å². The van der Waals surface area contributed by atoms with Crippen molar-refractivity contribution in [2.45, 2.75) is 25.4 Å². The summed E-state index contributed by atoms with van der Waals surface area (Å²) in [5, 5.41) is 0. The molecule has 0 unspecified atom stereocenters. The number of morpholine rings is 1. The highest BCUT2D eigenvalue weighted by molar-refractivity contribution is 5.93. The van der Waals surface area contributed by atoms with Gasteiger partial charge in [-0.3, -0.25) is 9.59 Å². The first-order valence-corrected chi connectivity index (χ1v) is 7.67. The first-order valence-electron chi connectivity index (χ1n) is 7.67. The molecule has 1 aromatic rings. The number of aryl methyl sites for hydroxylation is 1. The lowest BCUT2D eigenvalue weighted by atomic mass is 9.89. The predicted molar refractivity (Wildman–Crippen MR) is 80.9 cm³/mol. The van der Waals surface area contributed by atoms with E-state index in [4.69, 9.17) is 4.74 Å². The zero-order valence-electron chi connectivity index (χ0n) is 13.1. The van der Waals surface area contributed by atoms with Gasteiger partial charge in [0.1, 0.15) is 11.4 Å². The Hall–Kier alpha value is -1.73. The average Bonchev–Trinajstić information content (AvgIpc) is 2.47. The molecule has 7 nitrogen and oxygen atoms in total. The second kappa shape index (κ2) is 5.81. The normalized spacial score (nSPS) is 22.0. The molecule has 7 heteroatoms. The number of rotatable bonds is 1. The third-order valence-corrected chi connectivity index (χ3v) is 4.56. The lowest BCUT2D eigenvalue weighted by Gasteiger charge is -2.46. The first-order chi connectivity index (χ1) is 10.5. The molecule has 2 aliphatic heterocycles. The van der Waals surface area contributed by atoms with E-state index in [0.717, 1.165) is 32.5 Å². The van der Waals surface area contributed by atoms with Crippen LogP contribution in [0, 0.1) is 6.92 Å². The minimum absolute atomic E-state index is 0.114. The highest BCUT2D eigenvalue weighted by Crippen LogP contribution is 2.29. The number of hydrogen-bond acceptors (Lipinski definition) is 5. The Labute approximate surface area is 129 Å². The molecule has 2 fully saturated rings. The van der Waals surface area contributed by atoms with Crippen molar-refractivity contribution in [2.75, 3.05) is 39.8 Å². The fourth-order valence-corrected chi connectivity index (χ4v) is 3.26. The number of carbonyl (C=O) groups is 1. The van der Waals surface area contributed by atoms with Gasteiger partial charge in [0.05, 0.1) is 12.2 Å². The third kappa shape index (κ3) is 2.91. The van der Waals surface area contributed by atoms with Crippen LogP contribution < -0.4 is 5.56 Å². The summed E-state index contributed by atoms with van der Waals surface area (Å²) in [6.07, 6.45) is 2.98. The van der Waals surface area contributed by atoms with E-state index >= 15 is 0 Å². The monoisotopic (exact) mass is 306 g/mol. The van der Waals surface area contributed by atoms with Gasteiger partial charge in [0, 0.05) is 32.4 Å². The number of likely N-dealkylation sites (tertiary alicyclic amines) is 1. The van der Waals surface area contributed by atoms with Crippen LogP contribution >= 0.6 is 0 Å². The minimum Gasteiger partial charge on any atom is -0.372 e. The zero-order valence-corrected chi connectivity index (χ0v) is 13.1. The summed E-state index contributed by atoms with van der Waals surface area (Å²) >= 11 is 0. The minimum atomic E-state index is -0.369. The highest BCUT2D eigenvalue weighted by Gasteiger charge is 2.40. The van der Waals surface area contributed by atoms with Crippen molar-refractivity contribution in [3.05, 3.63) is 27.9 Å². The van der Waals surface area contributed by atoms with Gasteiger partial charge in [-0.15, -0.1) is 0 Å². The molecule has 120 valence electrons. The Morgan fingerprint density at radius 3 is 2.73 bits per heavy atom. The van der Waals surface area contributed by atoms with Crippen molar-refractivity contribution in [3.8, 4) is 0 Å². The fraction of sp³-hybridized carbons (Fsp3) is 0.667. The topological polar surface area (TPSA) is 78.5 Å². The lowest BCUT2D eigenvalue weighted by Crippen LogP contribution is -2.56. The van der Waals surface area contributed by atoms with E-state index in [1.165, 1.54) is 6.20 Å². The van der Waals surface area contributed by atoms with Crippen LogP contribution in [0.4, 0.5) is 0 Å². The predicted octanol–water partition coefficient (Wildman–Crippen LogP) is 0.0151. The number of nitrogens with zero attached hydrogens (tertiary/aromatic N) is 3. The van der Waals surface area contributed by atoms with Crippen molar-refractivity contribution >= 4 is 5.91 Å². The molecule has 1 N–H and O–H groups in total. The number of hydrogen-bond donors (Lipinski definition) is 1. The van der Waals surface area contributed by atoms with Crippen LogP contribution in [0.15, 0.2) is 11.0 Å². The summed E-state index contributed by atoms with van der Waals surface area (Å²) in [5.41, 5.74) is -0.392. The number of piperidine rings is 1. The van der Waals surface area contributed by atoms with Crippen molar-refractivity contribution in [1.29, 1.82) is 0 Å². The quantitative estimate of drug-likeness (QED) is 0.791. The Bertz CT molecular complexity index is 619. The largest absolute Gasteiger partial charge is 0.372 e. The van der Waals surface area contributed by atoms with Gasteiger partial charge < -0.3 is 19.5 Å². The summed E-state index contributed by atoms with van der Waals surface area (Å²) in [4.78, 5) is 35.0. The molecule has 0 aromatic carbocycles. The molecule has 0 atom stereocenters. The zero-order chi connectivity index (χ0) is 15.7. The van der Waals surface area contributed by atoms with Gasteiger partial charge >= 0.3 is 0 Å². The molecule has 2 saturated heterocycles.